The summed E-state index contributed by atoms with van der Waals surface area (Å²) in [6.45, 7) is 9.53. The Labute approximate surface area is 208 Å². The fourth-order valence-electron chi connectivity index (χ4n) is 4.76. The predicted octanol–water partition coefficient (Wildman–Crippen LogP) is 4.05. The quantitative estimate of drug-likeness (QED) is 0.551. The number of benzene rings is 1. The lowest BCUT2D eigenvalue weighted by Gasteiger charge is -2.39. The second kappa shape index (κ2) is 9.93. The minimum atomic E-state index is -2.52. The molecule has 5 rings (SSSR count). The van der Waals surface area contributed by atoms with E-state index in [1.165, 1.54) is 12.1 Å². The molecular weight excluding hydrogens is 466 g/mol. The van der Waals surface area contributed by atoms with Crippen molar-refractivity contribution in [3.8, 4) is 0 Å². The first kappa shape index (κ1) is 24.3. The van der Waals surface area contributed by atoms with Gasteiger partial charge in [-0.25, -0.2) is 13.8 Å². The molecule has 2 fully saturated rings. The van der Waals surface area contributed by atoms with Gasteiger partial charge in [0.05, 0.1) is 47.8 Å². The number of carbonyl (C=O) groups is 1. The summed E-state index contributed by atoms with van der Waals surface area (Å²) in [5.41, 5.74) is 4.07. The van der Waals surface area contributed by atoms with Crippen LogP contribution in [-0.4, -0.2) is 65.4 Å². The number of fused-ring (bicyclic) bond motifs is 1. The molecule has 36 heavy (non-hydrogen) atoms. The molecule has 0 bridgehead atoms. The van der Waals surface area contributed by atoms with Crippen LogP contribution in [0, 0.1) is 19.8 Å². The third kappa shape index (κ3) is 4.69. The van der Waals surface area contributed by atoms with Gasteiger partial charge in [-0.3, -0.25) is 4.79 Å². The Morgan fingerprint density at radius 1 is 1.06 bits per heavy atom. The van der Waals surface area contributed by atoms with Crippen LogP contribution in [0.4, 0.5) is 20.3 Å². The zero-order valence-electron chi connectivity index (χ0n) is 20.7. The number of nitrogens with one attached hydrogen (secondary N) is 1. The molecule has 4 heterocycles. The number of rotatable bonds is 6. The molecule has 2 aliphatic rings. The maximum absolute atomic E-state index is 13.2. The van der Waals surface area contributed by atoms with Gasteiger partial charge in [0.15, 0.2) is 5.82 Å². The molecule has 2 saturated heterocycles. The summed E-state index contributed by atoms with van der Waals surface area (Å²) in [6, 6.07) is 8.20. The highest BCUT2D eigenvalue weighted by Gasteiger charge is 2.32. The SMILES string of the molecule is Cc1nc2c(C)nnc(N[C@H](C)c3cccc(C(F)F)c3)c2cc1N1CCN(C(=O)C2COC2)CC1. The van der Waals surface area contributed by atoms with Crippen molar-refractivity contribution in [2.24, 2.45) is 5.92 Å². The Balaban J connectivity index is 1.39. The van der Waals surface area contributed by atoms with Crippen molar-refractivity contribution >= 4 is 28.3 Å². The highest BCUT2D eigenvalue weighted by molar-refractivity contribution is 5.93. The lowest BCUT2D eigenvalue weighted by Crippen LogP contribution is -2.53. The maximum Gasteiger partial charge on any atom is 0.263 e. The molecule has 2 aliphatic heterocycles. The van der Waals surface area contributed by atoms with E-state index < -0.39 is 6.43 Å². The standard InChI is InChI=1S/C26H30F2N6O2/c1-15(18-5-4-6-19(11-18)24(27)28)30-25-21-12-22(16(2)29-23(21)17(3)31-32-25)33-7-9-34(10-8-33)26(35)20-13-36-14-20/h4-6,11-12,15,20,24H,7-10,13-14H2,1-3H3,(H,30,32)/t15-/m1/s1. The summed E-state index contributed by atoms with van der Waals surface area (Å²) >= 11 is 0. The number of ether oxygens (including phenoxy) is 1. The van der Waals surface area contributed by atoms with Gasteiger partial charge in [0.25, 0.3) is 6.43 Å². The van der Waals surface area contributed by atoms with Gasteiger partial charge in [-0.05, 0) is 38.5 Å². The number of aromatic nitrogens is 3. The first-order valence-electron chi connectivity index (χ1n) is 12.2. The van der Waals surface area contributed by atoms with Crippen LogP contribution in [0.15, 0.2) is 30.3 Å². The van der Waals surface area contributed by atoms with Gasteiger partial charge in [0, 0.05) is 37.1 Å². The van der Waals surface area contributed by atoms with E-state index >= 15 is 0 Å². The van der Waals surface area contributed by atoms with Crippen molar-refractivity contribution in [3.63, 3.8) is 0 Å². The number of nitrogens with zero attached hydrogens (tertiary/aromatic N) is 5. The first-order valence-corrected chi connectivity index (χ1v) is 12.2. The van der Waals surface area contributed by atoms with Crippen LogP contribution in [0.3, 0.4) is 0 Å². The molecule has 8 nitrogen and oxygen atoms in total. The van der Waals surface area contributed by atoms with Gasteiger partial charge in [-0.1, -0.05) is 18.2 Å². The lowest BCUT2D eigenvalue weighted by molar-refractivity contribution is -0.150. The number of alkyl halides is 2. The number of piperazine rings is 1. The van der Waals surface area contributed by atoms with Crippen molar-refractivity contribution in [2.75, 3.05) is 49.6 Å². The highest BCUT2D eigenvalue weighted by Crippen LogP contribution is 2.32. The van der Waals surface area contributed by atoms with E-state index in [0.717, 1.165) is 33.5 Å². The van der Waals surface area contributed by atoms with Crippen molar-refractivity contribution in [2.45, 2.75) is 33.2 Å². The lowest BCUT2D eigenvalue weighted by atomic mass is 10.0. The monoisotopic (exact) mass is 496 g/mol. The first-order chi connectivity index (χ1) is 17.3. The largest absolute Gasteiger partial charge is 0.380 e. The topological polar surface area (TPSA) is 83.5 Å². The van der Waals surface area contributed by atoms with E-state index in [9.17, 15) is 13.6 Å². The molecule has 190 valence electrons. The van der Waals surface area contributed by atoms with Gasteiger partial charge < -0.3 is 19.9 Å². The van der Waals surface area contributed by atoms with Crippen molar-refractivity contribution in [3.05, 3.63) is 52.8 Å². The molecule has 0 saturated carbocycles. The highest BCUT2D eigenvalue weighted by atomic mass is 19.3. The molecule has 10 heteroatoms. The molecule has 1 atom stereocenters. The van der Waals surface area contributed by atoms with E-state index in [-0.39, 0.29) is 23.4 Å². The van der Waals surface area contributed by atoms with Crippen LogP contribution < -0.4 is 10.2 Å². The minimum absolute atomic E-state index is 0.000758. The van der Waals surface area contributed by atoms with Crippen LogP contribution >= 0.6 is 0 Å². The van der Waals surface area contributed by atoms with Crippen LogP contribution in [-0.2, 0) is 9.53 Å². The van der Waals surface area contributed by atoms with Gasteiger partial charge >= 0.3 is 0 Å². The zero-order valence-corrected chi connectivity index (χ0v) is 20.7. The van der Waals surface area contributed by atoms with E-state index in [1.807, 2.05) is 31.7 Å². The number of halogens is 2. The number of pyridine rings is 1. The molecule has 0 spiro atoms. The normalized spacial score (nSPS) is 17.4. The van der Waals surface area contributed by atoms with E-state index in [2.05, 4.69) is 26.5 Å². The van der Waals surface area contributed by atoms with Crippen LogP contribution in [0.1, 0.15) is 41.9 Å². The Kier molecular flexibility index (Phi) is 6.70. The fraction of sp³-hybridized carbons (Fsp3) is 0.462. The Morgan fingerprint density at radius 3 is 2.44 bits per heavy atom. The summed E-state index contributed by atoms with van der Waals surface area (Å²) in [6.07, 6.45) is -2.52. The van der Waals surface area contributed by atoms with Crippen LogP contribution in [0.2, 0.25) is 0 Å². The molecule has 0 radical (unpaired) electrons. The summed E-state index contributed by atoms with van der Waals surface area (Å²) < 4.78 is 31.6. The molecule has 1 aromatic carbocycles. The number of amides is 1. The Bertz CT molecular complexity index is 1270. The number of hydrogen-bond donors (Lipinski definition) is 1. The average Bonchev–Trinajstić information content (AvgIpc) is 2.84. The number of aryl methyl sites for hydroxylation is 2. The fourth-order valence-corrected chi connectivity index (χ4v) is 4.76. The molecular formula is C26H30F2N6O2. The molecule has 0 unspecified atom stereocenters. The van der Waals surface area contributed by atoms with Crippen molar-refractivity contribution in [1.29, 1.82) is 0 Å². The smallest absolute Gasteiger partial charge is 0.263 e. The van der Waals surface area contributed by atoms with Gasteiger partial charge in [0.1, 0.15) is 0 Å². The summed E-state index contributed by atoms with van der Waals surface area (Å²) in [5, 5.41) is 12.8. The summed E-state index contributed by atoms with van der Waals surface area (Å²) in [5.74, 6) is 0.730. The predicted molar refractivity (Wildman–Crippen MR) is 133 cm³/mol. The number of carbonyl (C=O) groups excluding carboxylic acids is 1. The molecule has 2 aromatic heterocycles. The van der Waals surface area contributed by atoms with Crippen LogP contribution in [0.25, 0.3) is 10.9 Å². The Hall–Kier alpha value is -3.40. The molecule has 3 aromatic rings. The second-order valence-electron chi connectivity index (χ2n) is 9.51. The average molecular weight is 497 g/mol. The van der Waals surface area contributed by atoms with Gasteiger partial charge in [-0.2, -0.15) is 5.10 Å². The van der Waals surface area contributed by atoms with Crippen molar-refractivity contribution < 1.29 is 18.3 Å². The van der Waals surface area contributed by atoms with Crippen LogP contribution in [0.5, 0.6) is 0 Å². The third-order valence-electron chi connectivity index (χ3n) is 7.02. The molecule has 0 aliphatic carbocycles. The minimum Gasteiger partial charge on any atom is -0.380 e. The number of hydrogen-bond acceptors (Lipinski definition) is 7. The third-order valence-corrected chi connectivity index (χ3v) is 7.02. The summed E-state index contributed by atoms with van der Waals surface area (Å²) in [7, 11) is 0. The van der Waals surface area contributed by atoms with E-state index in [0.29, 0.717) is 45.2 Å². The number of anilines is 2. The van der Waals surface area contributed by atoms with Gasteiger partial charge in [-0.15, -0.1) is 5.10 Å². The van der Waals surface area contributed by atoms with E-state index in [1.54, 1.807) is 6.07 Å². The molecule has 1 amide bonds. The second-order valence-corrected chi connectivity index (χ2v) is 9.51. The summed E-state index contributed by atoms with van der Waals surface area (Å²) in [4.78, 5) is 21.6. The maximum atomic E-state index is 13.2. The van der Waals surface area contributed by atoms with E-state index in [4.69, 9.17) is 9.72 Å². The van der Waals surface area contributed by atoms with Gasteiger partial charge in [0.2, 0.25) is 5.91 Å². The Morgan fingerprint density at radius 2 is 1.78 bits per heavy atom. The molecule has 1 N–H and O–H groups in total. The zero-order chi connectivity index (χ0) is 25.4. The van der Waals surface area contributed by atoms with Crippen molar-refractivity contribution in [1.82, 2.24) is 20.1 Å².